The Morgan fingerprint density at radius 1 is 1.33 bits per heavy atom. The molecule has 3 N–H and O–H groups in total. The van der Waals surface area contributed by atoms with Gasteiger partial charge in [-0.3, -0.25) is 4.79 Å². The highest BCUT2D eigenvalue weighted by atomic mass is 16.4. The van der Waals surface area contributed by atoms with Crippen LogP contribution in [0.3, 0.4) is 0 Å². The van der Waals surface area contributed by atoms with Crippen LogP contribution in [-0.4, -0.2) is 35.1 Å². The van der Waals surface area contributed by atoms with E-state index in [9.17, 15) is 9.59 Å². The third-order valence-electron chi connectivity index (χ3n) is 2.68. The van der Waals surface area contributed by atoms with E-state index in [0.717, 1.165) is 18.5 Å². The zero-order chi connectivity index (χ0) is 13.0. The van der Waals surface area contributed by atoms with Crippen molar-refractivity contribution < 1.29 is 14.7 Å². The molecule has 1 fully saturated rings. The highest BCUT2D eigenvalue weighted by Gasteiger charge is 2.28. The summed E-state index contributed by atoms with van der Waals surface area (Å²) in [6.07, 6.45) is 3.46. The Balaban J connectivity index is 1.69. The van der Waals surface area contributed by atoms with Gasteiger partial charge in [-0.2, -0.15) is 0 Å². The van der Waals surface area contributed by atoms with Crippen molar-refractivity contribution in [3.8, 4) is 0 Å². The van der Waals surface area contributed by atoms with Crippen LogP contribution in [0.25, 0.3) is 0 Å². The largest absolute Gasteiger partial charge is 0.477 e. The molecule has 1 saturated carbocycles. The number of carboxylic acid groups (broad SMARTS) is 1. The molecule has 1 amide bonds. The van der Waals surface area contributed by atoms with Gasteiger partial charge in [0.1, 0.15) is 5.69 Å². The van der Waals surface area contributed by atoms with Crippen molar-refractivity contribution in [3.63, 3.8) is 0 Å². The minimum absolute atomic E-state index is 0.0163. The standard InChI is InChI=1S/C12H15N3O3/c16-11(8-1-2-8)14-6-5-13-9-3-4-10(12(17)18)15-7-9/h3-4,7-8,13H,1-2,5-6H2,(H,14,16)(H,17,18). The highest BCUT2D eigenvalue weighted by Crippen LogP contribution is 2.28. The molecule has 18 heavy (non-hydrogen) atoms. The smallest absolute Gasteiger partial charge is 0.354 e. The quantitative estimate of drug-likeness (QED) is 0.646. The van der Waals surface area contributed by atoms with Crippen molar-refractivity contribution in [2.45, 2.75) is 12.8 Å². The molecule has 96 valence electrons. The van der Waals surface area contributed by atoms with Crippen LogP contribution in [0.4, 0.5) is 5.69 Å². The molecule has 0 saturated heterocycles. The van der Waals surface area contributed by atoms with Gasteiger partial charge in [0.2, 0.25) is 5.91 Å². The summed E-state index contributed by atoms with van der Waals surface area (Å²) < 4.78 is 0. The van der Waals surface area contributed by atoms with Crippen LogP contribution in [0.2, 0.25) is 0 Å². The summed E-state index contributed by atoms with van der Waals surface area (Å²) in [5.41, 5.74) is 0.753. The van der Waals surface area contributed by atoms with Crippen molar-refractivity contribution in [2.75, 3.05) is 18.4 Å². The molecule has 2 rings (SSSR count). The van der Waals surface area contributed by atoms with Gasteiger partial charge in [0, 0.05) is 19.0 Å². The molecule has 1 aromatic heterocycles. The number of anilines is 1. The van der Waals surface area contributed by atoms with Gasteiger partial charge in [-0.25, -0.2) is 9.78 Å². The number of hydrogen-bond acceptors (Lipinski definition) is 4. The van der Waals surface area contributed by atoms with E-state index in [-0.39, 0.29) is 17.5 Å². The van der Waals surface area contributed by atoms with Crippen LogP contribution in [0, 0.1) is 5.92 Å². The molecule has 0 spiro atoms. The Morgan fingerprint density at radius 3 is 2.67 bits per heavy atom. The first-order chi connectivity index (χ1) is 8.66. The number of rotatable bonds is 6. The number of carbonyl (C=O) groups is 2. The minimum Gasteiger partial charge on any atom is -0.477 e. The number of amides is 1. The van der Waals surface area contributed by atoms with Crippen molar-refractivity contribution in [1.82, 2.24) is 10.3 Å². The minimum atomic E-state index is -1.04. The van der Waals surface area contributed by atoms with Crippen LogP contribution in [0.5, 0.6) is 0 Å². The number of aromatic carboxylic acids is 1. The zero-order valence-corrected chi connectivity index (χ0v) is 9.85. The van der Waals surface area contributed by atoms with Crippen LogP contribution in [0.1, 0.15) is 23.3 Å². The van der Waals surface area contributed by atoms with E-state index < -0.39 is 5.97 Å². The van der Waals surface area contributed by atoms with Gasteiger partial charge in [0.25, 0.3) is 0 Å². The normalized spacial score (nSPS) is 14.0. The summed E-state index contributed by atoms with van der Waals surface area (Å²) in [7, 11) is 0. The Morgan fingerprint density at radius 2 is 2.11 bits per heavy atom. The van der Waals surface area contributed by atoms with Gasteiger partial charge in [-0.1, -0.05) is 0 Å². The van der Waals surface area contributed by atoms with Gasteiger partial charge in [-0.15, -0.1) is 0 Å². The van der Waals surface area contributed by atoms with E-state index in [0.29, 0.717) is 13.1 Å². The third kappa shape index (κ3) is 3.44. The molecule has 1 aliphatic carbocycles. The molecule has 1 aromatic rings. The van der Waals surface area contributed by atoms with E-state index in [2.05, 4.69) is 15.6 Å². The number of aromatic nitrogens is 1. The first kappa shape index (κ1) is 12.3. The summed E-state index contributed by atoms with van der Waals surface area (Å²) in [5, 5.41) is 14.6. The van der Waals surface area contributed by atoms with Crippen molar-refractivity contribution >= 4 is 17.6 Å². The van der Waals surface area contributed by atoms with Crippen LogP contribution >= 0.6 is 0 Å². The second-order valence-corrected chi connectivity index (χ2v) is 4.23. The van der Waals surface area contributed by atoms with Gasteiger partial charge in [-0.05, 0) is 25.0 Å². The molecule has 6 heteroatoms. The lowest BCUT2D eigenvalue weighted by Crippen LogP contribution is -2.29. The predicted molar refractivity (Wildman–Crippen MR) is 65.4 cm³/mol. The predicted octanol–water partition coefficient (Wildman–Crippen LogP) is 0.718. The Bertz CT molecular complexity index is 440. The summed E-state index contributed by atoms with van der Waals surface area (Å²) >= 11 is 0. The van der Waals surface area contributed by atoms with Crippen molar-refractivity contribution in [3.05, 3.63) is 24.0 Å². The monoisotopic (exact) mass is 249 g/mol. The van der Waals surface area contributed by atoms with Crippen LogP contribution in [-0.2, 0) is 4.79 Å². The second-order valence-electron chi connectivity index (χ2n) is 4.23. The third-order valence-corrected chi connectivity index (χ3v) is 2.68. The zero-order valence-electron chi connectivity index (χ0n) is 9.85. The first-order valence-electron chi connectivity index (χ1n) is 5.88. The molecule has 1 aliphatic rings. The molecular weight excluding hydrogens is 234 g/mol. The van der Waals surface area contributed by atoms with E-state index in [1.54, 1.807) is 6.07 Å². The molecule has 0 atom stereocenters. The molecule has 0 aromatic carbocycles. The first-order valence-corrected chi connectivity index (χ1v) is 5.88. The topological polar surface area (TPSA) is 91.3 Å². The molecule has 0 unspecified atom stereocenters. The van der Waals surface area contributed by atoms with Crippen molar-refractivity contribution in [2.24, 2.45) is 5.92 Å². The lowest BCUT2D eigenvalue weighted by Gasteiger charge is -2.07. The van der Waals surface area contributed by atoms with E-state index in [1.165, 1.54) is 12.3 Å². The Hall–Kier alpha value is -2.11. The Kier molecular flexibility index (Phi) is 3.76. The molecule has 0 radical (unpaired) electrons. The van der Waals surface area contributed by atoms with Crippen molar-refractivity contribution in [1.29, 1.82) is 0 Å². The number of carboxylic acids is 1. The molecule has 6 nitrogen and oxygen atoms in total. The number of nitrogens with zero attached hydrogens (tertiary/aromatic N) is 1. The van der Waals surface area contributed by atoms with Crippen LogP contribution in [0.15, 0.2) is 18.3 Å². The van der Waals surface area contributed by atoms with E-state index >= 15 is 0 Å². The molecule has 0 aliphatic heterocycles. The van der Waals surface area contributed by atoms with Crippen LogP contribution < -0.4 is 10.6 Å². The fourth-order valence-electron chi connectivity index (χ4n) is 1.51. The number of carbonyl (C=O) groups excluding carboxylic acids is 1. The summed E-state index contributed by atoms with van der Waals surface area (Å²) in [6.45, 7) is 1.14. The summed E-state index contributed by atoms with van der Waals surface area (Å²) in [4.78, 5) is 25.7. The molecule has 1 heterocycles. The van der Waals surface area contributed by atoms with Gasteiger partial charge in [0.05, 0.1) is 11.9 Å². The molecule has 0 bridgehead atoms. The van der Waals surface area contributed by atoms with Gasteiger partial charge >= 0.3 is 5.97 Å². The maximum Gasteiger partial charge on any atom is 0.354 e. The number of pyridine rings is 1. The lowest BCUT2D eigenvalue weighted by molar-refractivity contribution is -0.122. The van der Waals surface area contributed by atoms with Gasteiger partial charge in [0.15, 0.2) is 0 Å². The van der Waals surface area contributed by atoms with Gasteiger partial charge < -0.3 is 15.7 Å². The lowest BCUT2D eigenvalue weighted by atomic mass is 10.3. The summed E-state index contributed by atoms with van der Waals surface area (Å²) in [5.74, 6) is -0.698. The van der Waals surface area contributed by atoms with E-state index in [4.69, 9.17) is 5.11 Å². The maximum absolute atomic E-state index is 11.3. The SMILES string of the molecule is O=C(O)c1ccc(NCCNC(=O)C2CC2)cn1. The van der Waals surface area contributed by atoms with E-state index in [1.807, 2.05) is 0 Å². The average Bonchev–Trinajstić information content (AvgIpc) is 3.19. The number of nitrogens with one attached hydrogen (secondary N) is 2. The second kappa shape index (κ2) is 5.48. The molecular formula is C12H15N3O3. The summed E-state index contributed by atoms with van der Waals surface area (Å²) in [6, 6.07) is 3.09. The number of hydrogen-bond donors (Lipinski definition) is 3. The fourth-order valence-corrected chi connectivity index (χ4v) is 1.51. The fraction of sp³-hybridized carbons (Fsp3) is 0.417. The average molecular weight is 249 g/mol. The Labute approximate surface area is 104 Å². The highest BCUT2D eigenvalue weighted by molar-refractivity contribution is 5.85. The maximum atomic E-state index is 11.3.